The molecule has 10 heteroatoms. The van der Waals surface area contributed by atoms with Crippen LogP contribution in [0.2, 0.25) is 10.0 Å². The molecule has 2 saturated heterocycles. The molecule has 1 N–H and O–H groups in total. The second kappa shape index (κ2) is 10.0. The Morgan fingerprint density at radius 1 is 1.03 bits per heavy atom. The Kier molecular flexibility index (Phi) is 7.28. The number of hydrogen-bond acceptors (Lipinski definition) is 4. The van der Waals surface area contributed by atoms with Gasteiger partial charge in [-0.25, -0.2) is 12.7 Å². The number of nitrogens with one attached hydrogen (secondary N) is 1. The van der Waals surface area contributed by atoms with Crippen molar-refractivity contribution in [2.24, 2.45) is 5.92 Å². The highest BCUT2D eigenvalue weighted by molar-refractivity contribution is 7.88. The number of benzene rings is 2. The Hall–Kier alpha value is -2.13. The first-order chi connectivity index (χ1) is 15.7. The highest BCUT2D eigenvalue weighted by atomic mass is 35.5. The van der Waals surface area contributed by atoms with E-state index in [-0.39, 0.29) is 24.1 Å². The number of piperidine rings is 1. The van der Waals surface area contributed by atoms with Gasteiger partial charge in [0.2, 0.25) is 21.8 Å². The van der Waals surface area contributed by atoms with Gasteiger partial charge in [-0.05, 0) is 61.2 Å². The van der Waals surface area contributed by atoms with E-state index in [0.29, 0.717) is 53.6 Å². The lowest BCUT2D eigenvalue weighted by molar-refractivity contribution is -0.121. The Bertz CT molecular complexity index is 1150. The average molecular weight is 510 g/mol. The van der Waals surface area contributed by atoms with Crippen molar-refractivity contribution in [3.63, 3.8) is 0 Å². The van der Waals surface area contributed by atoms with E-state index in [1.165, 1.54) is 4.31 Å². The van der Waals surface area contributed by atoms with Crippen LogP contribution < -0.4 is 10.2 Å². The molecule has 7 nitrogen and oxygen atoms in total. The Morgan fingerprint density at radius 2 is 1.79 bits per heavy atom. The van der Waals surface area contributed by atoms with Crippen molar-refractivity contribution < 1.29 is 18.0 Å². The summed E-state index contributed by atoms with van der Waals surface area (Å²) in [5.74, 6) is -0.748. The predicted octanol–water partition coefficient (Wildman–Crippen LogP) is 4.30. The number of halogens is 2. The normalized spacial score (nSPS) is 19.6. The fraction of sp³-hybridized carbons (Fsp3) is 0.391. The Balaban J connectivity index is 1.37. The van der Waals surface area contributed by atoms with Crippen molar-refractivity contribution in [1.29, 1.82) is 0 Å². The van der Waals surface area contributed by atoms with Gasteiger partial charge in [-0.15, -0.1) is 0 Å². The van der Waals surface area contributed by atoms with Crippen LogP contribution in [0.25, 0.3) is 0 Å². The molecule has 176 valence electrons. The summed E-state index contributed by atoms with van der Waals surface area (Å²) >= 11 is 11.9. The van der Waals surface area contributed by atoms with Crippen molar-refractivity contribution in [3.05, 3.63) is 58.1 Å². The van der Waals surface area contributed by atoms with E-state index in [4.69, 9.17) is 23.2 Å². The van der Waals surface area contributed by atoms with E-state index >= 15 is 0 Å². The minimum Gasteiger partial charge on any atom is -0.326 e. The summed E-state index contributed by atoms with van der Waals surface area (Å²) in [6, 6.07) is 11.9. The van der Waals surface area contributed by atoms with Crippen LogP contribution in [0, 0.1) is 5.92 Å². The predicted molar refractivity (Wildman–Crippen MR) is 130 cm³/mol. The summed E-state index contributed by atoms with van der Waals surface area (Å²) in [7, 11) is -3.61. The monoisotopic (exact) mass is 509 g/mol. The molecule has 0 aliphatic carbocycles. The molecule has 2 fully saturated rings. The van der Waals surface area contributed by atoms with E-state index in [0.717, 1.165) is 12.1 Å². The fourth-order valence-corrected chi connectivity index (χ4v) is 6.15. The van der Waals surface area contributed by atoms with E-state index in [1.807, 2.05) is 12.1 Å². The van der Waals surface area contributed by atoms with Crippen LogP contribution in [-0.2, 0) is 25.4 Å². The zero-order valence-electron chi connectivity index (χ0n) is 18.0. The SMILES string of the molecule is O=C(Nc1ccc(N2CCCC2=O)cc1)[C@H]1CCCN(S(=O)(=O)Cc2ccc(Cl)c(Cl)c2)C1. The van der Waals surface area contributed by atoms with E-state index in [2.05, 4.69) is 5.32 Å². The Labute approximate surface area is 203 Å². The number of amides is 2. The fourth-order valence-electron chi connectivity index (χ4n) is 4.23. The van der Waals surface area contributed by atoms with Gasteiger partial charge in [-0.1, -0.05) is 29.3 Å². The van der Waals surface area contributed by atoms with Crippen LogP contribution >= 0.6 is 23.2 Å². The highest BCUT2D eigenvalue weighted by Gasteiger charge is 2.32. The lowest BCUT2D eigenvalue weighted by Gasteiger charge is -2.31. The quantitative estimate of drug-likeness (QED) is 0.628. The number of nitrogens with zero attached hydrogens (tertiary/aromatic N) is 2. The van der Waals surface area contributed by atoms with Crippen LogP contribution in [0.4, 0.5) is 11.4 Å². The summed E-state index contributed by atoms with van der Waals surface area (Å²) in [6.07, 6.45) is 2.63. The van der Waals surface area contributed by atoms with Crippen molar-refractivity contribution in [2.45, 2.75) is 31.4 Å². The second-order valence-electron chi connectivity index (χ2n) is 8.39. The molecule has 2 aliphatic rings. The third kappa shape index (κ3) is 5.69. The number of sulfonamides is 1. The molecule has 0 unspecified atom stereocenters. The number of carbonyl (C=O) groups excluding carboxylic acids is 2. The topological polar surface area (TPSA) is 86.8 Å². The maximum atomic E-state index is 13.0. The summed E-state index contributed by atoms with van der Waals surface area (Å²) < 4.78 is 27.3. The Morgan fingerprint density at radius 3 is 2.45 bits per heavy atom. The maximum absolute atomic E-state index is 13.0. The molecule has 1 atom stereocenters. The molecule has 0 saturated carbocycles. The lowest BCUT2D eigenvalue weighted by Crippen LogP contribution is -2.44. The van der Waals surface area contributed by atoms with E-state index in [1.54, 1.807) is 35.2 Å². The summed E-state index contributed by atoms with van der Waals surface area (Å²) in [5, 5.41) is 3.55. The van der Waals surface area contributed by atoms with Gasteiger partial charge in [0, 0.05) is 37.4 Å². The van der Waals surface area contributed by atoms with Crippen LogP contribution in [0.3, 0.4) is 0 Å². The number of anilines is 2. The molecule has 33 heavy (non-hydrogen) atoms. The third-order valence-electron chi connectivity index (χ3n) is 6.00. The van der Waals surface area contributed by atoms with Gasteiger partial charge in [0.05, 0.1) is 21.7 Å². The molecule has 2 aliphatic heterocycles. The van der Waals surface area contributed by atoms with Crippen molar-refractivity contribution >= 4 is 56.4 Å². The van der Waals surface area contributed by atoms with Gasteiger partial charge in [0.25, 0.3) is 0 Å². The first-order valence-electron chi connectivity index (χ1n) is 10.9. The van der Waals surface area contributed by atoms with Crippen molar-refractivity contribution in [2.75, 3.05) is 29.9 Å². The third-order valence-corrected chi connectivity index (χ3v) is 8.56. The van der Waals surface area contributed by atoms with Crippen LogP contribution in [0.1, 0.15) is 31.2 Å². The standard InChI is InChI=1S/C23H25Cl2N3O4S/c24-20-10-5-16(13-21(20)25)15-33(31,32)27-11-1-3-17(14-27)23(30)26-18-6-8-19(9-7-18)28-12-2-4-22(28)29/h5-10,13,17H,1-4,11-12,14-15H2,(H,26,30)/t17-/m0/s1. The van der Waals surface area contributed by atoms with Crippen LogP contribution in [0.15, 0.2) is 42.5 Å². The second-order valence-corrected chi connectivity index (χ2v) is 11.2. The van der Waals surface area contributed by atoms with Gasteiger partial charge in [0.1, 0.15) is 0 Å². The van der Waals surface area contributed by atoms with Gasteiger partial charge in [0.15, 0.2) is 0 Å². The summed E-state index contributed by atoms with van der Waals surface area (Å²) in [5.41, 5.74) is 1.98. The van der Waals surface area contributed by atoms with Crippen molar-refractivity contribution in [1.82, 2.24) is 4.31 Å². The van der Waals surface area contributed by atoms with E-state index in [9.17, 15) is 18.0 Å². The summed E-state index contributed by atoms with van der Waals surface area (Å²) in [6.45, 7) is 1.22. The minimum absolute atomic E-state index is 0.108. The first kappa shape index (κ1) is 24.0. The zero-order valence-corrected chi connectivity index (χ0v) is 20.3. The van der Waals surface area contributed by atoms with Gasteiger partial charge in [-0.3, -0.25) is 9.59 Å². The number of rotatable bonds is 6. The molecule has 0 aromatic heterocycles. The lowest BCUT2D eigenvalue weighted by atomic mass is 9.98. The maximum Gasteiger partial charge on any atom is 0.228 e. The van der Waals surface area contributed by atoms with E-state index < -0.39 is 15.9 Å². The minimum atomic E-state index is -3.61. The first-order valence-corrected chi connectivity index (χ1v) is 13.2. The molecule has 4 rings (SSSR count). The largest absolute Gasteiger partial charge is 0.326 e. The molecular weight excluding hydrogens is 485 g/mol. The molecule has 2 aromatic rings. The molecule has 0 bridgehead atoms. The number of hydrogen-bond donors (Lipinski definition) is 1. The van der Waals surface area contributed by atoms with Gasteiger partial charge in [-0.2, -0.15) is 0 Å². The molecule has 0 spiro atoms. The van der Waals surface area contributed by atoms with Gasteiger partial charge < -0.3 is 10.2 Å². The highest BCUT2D eigenvalue weighted by Crippen LogP contribution is 2.27. The molecule has 2 aromatic carbocycles. The van der Waals surface area contributed by atoms with Crippen molar-refractivity contribution in [3.8, 4) is 0 Å². The number of carbonyl (C=O) groups is 2. The summed E-state index contributed by atoms with van der Waals surface area (Å²) in [4.78, 5) is 26.5. The molecule has 2 heterocycles. The average Bonchev–Trinajstić information content (AvgIpc) is 3.22. The van der Waals surface area contributed by atoms with Crippen LogP contribution in [0.5, 0.6) is 0 Å². The smallest absolute Gasteiger partial charge is 0.228 e. The zero-order chi connectivity index (χ0) is 23.6. The van der Waals surface area contributed by atoms with Gasteiger partial charge >= 0.3 is 0 Å². The van der Waals surface area contributed by atoms with Crippen LogP contribution in [-0.4, -0.2) is 44.2 Å². The molecule has 0 radical (unpaired) electrons. The molecule has 2 amide bonds. The molecular formula is C23H25Cl2N3O4S.